The summed E-state index contributed by atoms with van der Waals surface area (Å²) < 4.78 is 1.29. The fraction of sp³-hybridized carbons (Fsp3) is 0. The summed E-state index contributed by atoms with van der Waals surface area (Å²) in [5, 5.41) is 4.70. The van der Waals surface area contributed by atoms with Crippen LogP contribution >= 0.6 is 22.7 Å². The zero-order chi connectivity index (χ0) is 11.9. The van der Waals surface area contributed by atoms with Gasteiger partial charge in [0.2, 0.25) is 0 Å². The van der Waals surface area contributed by atoms with Gasteiger partial charge in [0, 0.05) is 15.8 Å². The lowest BCUT2D eigenvalue weighted by Crippen LogP contribution is -1.79. The number of benzene rings is 2. The van der Waals surface area contributed by atoms with Gasteiger partial charge < -0.3 is 0 Å². The largest absolute Gasteiger partial charge is 0.244 e. The molecule has 18 heavy (non-hydrogen) atoms. The van der Waals surface area contributed by atoms with E-state index in [4.69, 9.17) is 0 Å². The number of aromatic nitrogens is 1. The fourth-order valence-corrected chi connectivity index (χ4v) is 3.90. The van der Waals surface area contributed by atoms with Gasteiger partial charge in [0.25, 0.3) is 0 Å². The summed E-state index contributed by atoms with van der Waals surface area (Å²) in [6.45, 7) is 0. The van der Waals surface area contributed by atoms with E-state index in [1.807, 2.05) is 5.51 Å². The number of hydrogen-bond acceptors (Lipinski definition) is 3. The van der Waals surface area contributed by atoms with Crippen molar-refractivity contribution in [2.75, 3.05) is 0 Å². The van der Waals surface area contributed by atoms with Crippen molar-refractivity contribution in [1.29, 1.82) is 0 Å². The molecule has 0 saturated heterocycles. The highest BCUT2D eigenvalue weighted by Crippen LogP contribution is 2.37. The van der Waals surface area contributed by atoms with E-state index in [1.165, 1.54) is 25.9 Å². The third-order valence-corrected chi connectivity index (χ3v) is 4.88. The van der Waals surface area contributed by atoms with Crippen LogP contribution in [0.4, 0.5) is 0 Å². The maximum Gasteiger partial charge on any atom is 0.0905 e. The summed E-state index contributed by atoms with van der Waals surface area (Å²) in [5.74, 6) is 0. The van der Waals surface area contributed by atoms with Gasteiger partial charge in [-0.1, -0.05) is 30.3 Å². The highest BCUT2D eigenvalue weighted by Gasteiger charge is 2.10. The van der Waals surface area contributed by atoms with Crippen LogP contribution in [0, 0.1) is 0 Å². The highest BCUT2D eigenvalue weighted by molar-refractivity contribution is 7.18. The molecule has 0 unspecified atom stereocenters. The Hall–Kier alpha value is -1.71. The summed E-state index contributed by atoms with van der Waals surface area (Å²) in [6.07, 6.45) is 0. The van der Waals surface area contributed by atoms with Crippen LogP contribution in [-0.2, 0) is 0 Å². The molecule has 0 spiro atoms. The van der Waals surface area contributed by atoms with Crippen molar-refractivity contribution in [3.05, 3.63) is 53.4 Å². The average Bonchev–Trinajstić information content (AvgIpc) is 3.09. The Morgan fingerprint density at radius 1 is 0.944 bits per heavy atom. The highest BCUT2D eigenvalue weighted by atomic mass is 32.1. The summed E-state index contributed by atoms with van der Waals surface area (Å²) >= 11 is 3.49. The van der Waals surface area contributed by atoms with Gasteiger partial charge >= 0.3 is 0 Å². The molecule has 0 aliphatic rings. The van der Waals surface area contributed by atoms with Crippen molar-refractivity contribution >= 4 is 43.7 Å². The van der Waals surface area contributed by atoms with Crippen molar-refractivity contribution in [2.24, 2.45) is 0 Å². The number of thiophene rings is 1. The van der Waals surface area contributed by atoms with Crippen molar-refractivity contribution < 1.29 is 0 Å². The first-order valence-corrected chi connectivity index (χ1v) is 7.48. The van der Waals surface area contributed by atoms with Gasteiger partial charge in [-0.15, -0.1) is 22.7 Å². The lowest BCUT2D eigenvalue weighted by molar-refractivity contribution is 1.51. The first kappa shape index (κ1) is 10.2. The predicted octanol–water partition coefficient (Wildman–Crippen LogP) is 5.18. The van der Waals surface area contributed by atoms with Gasteiger partial charge in [-0.25, -0.2) is 4.98 Å². The third-order valence-electron chi connectivity index (χ3n) is 3.11. The molecule has 2 aromatic heterocycles. The molecule has 0 aliphatic heterocycles. The van der Waals surface area contributed by atoms with Gasteiger partial charge in [0.05, 0.1) is 15.7 Å². The molecular formula is C15H9NS2. The second-order valence-electron chi connectivity index (χ2n) is 4.15. The van der Waals surface area contributed by atoms with Crippen LogP contribution in [0.25, 0.3) is 31.4 Å². The number of fused-ring (bicyclic) bond motifs is 3. The Morgan fingerprint density at radius 3 is 2.78 bits per heavy atom. The minimum Gasteiger partial charge on any atom is -0.244 e. The Kier molecular flexibility index (Phi) is 2.22. The fourth-order valence-electron chi connectivity index (χ4n) is 2.30. The molecule has 2 aromatic carbocycles. The molecular weight excluding hydrogens is 258 g/mol. The summed E-state index contributed by atoms with van der Waals surface area (Å²) in [5.41, 5.74) is 4.31. The SMILES string of the molecule is c1csc(-c2cc3ccccc3c3scnc23)c1. The molecule has 0 radical (unpaired) electrons. The smallest absolute Gasteiger partial charge is 0.0905 e. The number of rotatable bonds is 1. The van der Waals surface area contributed by atoms with Crippen LogP contribution in [0.2, 0.25) is 0 Å². The minimum atomic E-state index is 1.13. The predicted molar refractivity (Wildman–Crippen MR) is 80.4 cm³/mol. The maximum absolute atomic E-state index is 4.55. The number of nitrogens with zero attached hydrogens (tertiary/aromatic N) is 1. The Morgan fingerprint density at radius 2 is 1.89 bits per heavy atom. The van der Waals surface area contributed by atoms with Gasteiger partial charge in [-0.2, -0.15) is 0 Å². The summed E-state index contributed by atoms with van der Waals surface area (Å²) in [4.78, 5) is 5.84. The van der Waals surface area contributed by atoms with Crippen LogP contribution in [-0.4, -0.2) is 4.98 Å². The van der Waals surface area contributed by atoms with Crippen molar-refractivity contribution in [2.45, 2.75) is 0 Å². The second-order valence-corrected chi connectivity index (χ2v) is 5.96. The van der Waals surface area contributed by atoms with E-state index in [9.17, 15) is 0 Å². The van der Waals surface area contributed by atoms with Crippen molar-refractivity contribution in [3.8, 4) is 10.4 Å². The quantitative estimate of drug-likeness (QED) is 0.463. The minimum absolute atomic E-state index is 1.13. The normalized spacial score (nSPS) is 11.3. The van der Waals surface area contributed by atoms with E-state index < -0.39 is 0 Å². The van der Waals surface area contributed by atoms with Crippen LogP contribution in [0.1, 0.15) is 0 Å². The molecule has 0 fully saturated rings. The van der Waals surface area contributed by atoms with E-state index in [1.54, 1.807) is 22.7 Å². The third kappa shape index (κ3) is 1.41. The van der Waals surface area contributed by atoms with Crippen LogP contribution in [0.3, 0.4) is 0 Å². The Bertz CT molecular complexity index is 828. The Balaban J connectivity index is 2.21. The van der Waals surface area contributed by atoms with Gasteiger partial charge in [-0.3, -0.25) is 0 Å². The van der Waals surface area contributed by atoms with E-state index in [2.05, 4.69) is 52.8 Å². The molecule has 0 atom stereocenters. The van der Waals surface area contributed by atoms with E-state index >= 15 is 0 Å². The molecule has 1 nitrogen and oxygen atoms in total. The molecule has 0 bridgehead atoms. The first-order chi connectivity index (χ1) is 8.93. The van der Waals surface area contributed by atoms with E-state index in [-0.39, 0.29) is 0 Å². The molecule has 0 aliphatic carbocycles. The van der Waals surface area contributed by atoms with Crippen LogP contribution < -0.4 is 0 Å². The number of thiazole rings is 1. The second kappa shape index (κ2) is 3.90. The number of hydrogen-bond donors (Lipinski definition) is 0. The van der Waals surface area contributed by atoms with Crippen LogP contribution in [0.15, 0.2) is 53.4 Å². The standard InChI is InChI=1S/C15H9NS2/c1-2-5-11-10(4-1)8-12(13-6-3-7-17-13)14-15(11)18-9-16-14/h1-9H. The zero-order valence-corrected chi connectivity index (χ0v) is 11.1. The molecule has 0 saturated carbocycles. The van der Waals surface area contributed by atoms with Gasteiger partial charge in [0.15, 0.2) is 0 Å². The molecule has 4 rings (SSSR count). The molecule has 0 amide bonds. The average molecular weight is 267 g/mol. The first-order valence-electron chi connectivity index (χ1n) is 5.72. The molecule has 4 aromatic rings. The molecule has 86 valence electrons. The molecule has 3 heteroatoms. The topological polar surface area (TPSA) is 12.9 Å². The zero-order valence-electron chi connectivity index (χ0n) is 9.46. The van der Waals surface area contributed by atoms with Crippen LogP contribution in [0.5, 0.6) is 0 Å². The van der Waals surface area contributed by atoms with Gasteiger partial charge in [0.1, 0.15) is 0 Å². The maximum atomic E-state index is 4.55. The van der Waals surface area contributed by atoms with E-state index in [0.717, 1.165) is 5.52 Å². The van der Waals surface area contributed by atoms with Crippen molar-refractivity contribution in [1.82, 2.24) is 4.98 Å². The summed E-state index contributed by atoms with van der Waals surface area (Å²) in [6, 6.07) is 15.0. The van der Waals surface area contributed by atoms with Crippen molar-refractivity contribution in [3.63, 3.8) is 0 Å². The van der Waals surface area contributed by atoms with E-state index in [0.29, 0.717) is 0 Å². The molecule has 2 heterocycles. The lowest BCUT2D eigenvalue weighted by Gasteiger charge is -2.04. The Labute approximate surface area is 112 Å². The lowest BCUT2D eigenvalue weighted by atomic mass is 10.0. The molecule has 0 N–H and O–H groups in total. The summed E-state index contributed by atoms with van der Waals surface area (Å²) in [7, 11) is 0. The monoisotopic (exact) mass is 267 g/mol. The van der Waals surface area contributed by atoms with Gasteiger partial charge in [-0.05, 0) is 22.9 Å².